The number of furan rings is 1. The van der Waals surface area contributed by atoms with Gasteiger partial charge in [-0.3, -0.25) is 29.3 Å². The summed E-state index contributed by atoms with van der Waals surface area (Å²) in [5.41, 5.74) is 1.81. The summed E-state index contributed by atoms with van der Waals surface area (Å²) >= 11 is 0. The Balaban J connectivity index is 1.52. The average Bonchev–Trinajstić information content (AvgIpc) is 3.65. The second-order valence-corrected chi connectivity index (χ2v) is 8.98. The Hall–Kier alpha value is -4.53. The Morgan fingerprint density at radius 2 is 1.81 bits per heavy atom. The van der Waals surface area contributed by atoms with Crippen LogP contribution in [0, 0.1) is 0 Å². The van der Waals surface area contributed by atoms with Gasteiger partial charge in [0.15, 0.2) is 5.76 Å². The first kappa shape index (κ1) is 24.2. The molecule has 0 bridgehead atoms. The smallest absolute Gasteiger partial charge is 0.287 e. The number of nitrogens with one attached hydrogen (secondary N) is 2. The van der Waals surface area contributed by atoms with Crippen molar-refractivity contribution in [2.24, 2.45) is 0 Å². The number of hydrogen-bond acceptors (Lipinski definition) is 6. The number of pyridine rings is 2. The normalized spacial score (nSPS) is 14.3. The first-order valence-electron chi connectivity index (χ1n) is 12.3. The number of rotatable bonds is 8. The van der Waals surface area contributed by atoms with E-state index in [0.717, 1.165) is 36.6 Å². The van der Waals surface area contributed by atoms with Crippen molar-refractivity contribution in [2.45, 2.75) is 37.8 Å². The third-order valence-corrected chi connectivity index (χ3v) is 6.50. The summed E-state index contributed by atoms with van der Waals surface area (Å²) in [7, 11) is 0. The third kappa shape index (κ3) is 5.50. The van der Waals surface area contributed by atoms with Crippen molar-refractivity contribution in [2.75, 3.05) is 11.4 Å². The zero-order valence-corrected chi connectivity index (χ0v) is 20.2. The van der Waals surface area contributed by atoms with Gasteiger partial charge in [-0.25, -0.2) is 0 Å². The fourth-order valence-corrected chi connectivity index (χ4v) is 4.68. The maximum absolute atomic E-state index is 13.8. The molecule has 1 aromatic carbocycles. The molecule has 0 aliphatic heterocycles. The van der Waals surface area contributed by atoms with Gasteiger partial charge in [0.2, 0.25) is 11.8 Å². The summed E-state index contributed by atoms with van der Waals surface area (Å²) < 4.78 is 5.13. The molecule has 4 aromatic rings. The van der Waals surface area contributed by atoms with Crippen LogP contribution in [0.3, 0.4) is 0 Å². The van der Waals surface area contributed by atoms with Crippen molar-refractivity contribution >= 4 is 34.3 Å². The van der Waals surface area contributed by atoms with Crippen LogP contribution < -0.4 is 15.5 Å². The topological polar surface area (TPSA) is 117 Å². The molecule has 0 spiro atoms. The SMILES string of the molecule is O=C(NCC(=O)N(c1cnc2ccccc2c1)[C@@H](C(=O)NC1CCCC1)c1ccncc1)c1ccco1. The molecule has 9 nitrogen and oxygen atoms in total. The zero-order chi connectivity index (χ0) is 25.6. The molecule has 5 rings (SSSR count). The molecular weight excluding hydrogens is 470 g/mol. The third-order valence-electron chi connectivity index (χ3n) is 6.50. The highest BCUT2D eigenvalue weighted by atomic mass is 16.3. The van der Waals surface area contributed by atoms with Gasteiger partial charge < -0.3 is 15.1 Å². The van der Waals surface area contributed by atoms with Crippen LogP contribution in [0.1, 0.15) is 47.8 Å². The molecule has 0 radical (unpaired) electrons. The van der Waals surface area contributed by atoms with Crippen LogP contribution in [-0.2, 0) is 9.59 Å². The Bertz CT molecular complexity index is 1380. The maximum Gasteiger partial charge on any atom is 0.287 e. The number of anilines is 1. The molecule has 0 unspecified atom stereocenters. The van der Waals surface area contributed by atoms with Gasteiger partial charge >= 0.3 is 0 Å². The van der Waals surface area contributed by atoms with E-state index in [1.807, 2.05) is 30.3 Å². The molecule has 3 heterocycles. The second kappa shape index (κ2) is 11.0. The van der Waals surface area contributed by atoms with Crippen LogP contribution in [0.5, 0.6) is 0 Å². The number of nitrogens with zero attached hydrogens (tertiary/aromatic N) is 3. The van der Waals surface area contributed by atoms with Gasteiger partial charge in [0, 0.05) is 23.8 Å². The van der Waals surface area contributed by atoms with Crippen LogP contribution in [0.2, 0.25) is 0 Å². The monoisotopic (exact) mass is 497 g/mol. The fourth-order valence-electron chi connectivity index (χ4n) is 4.68. The molecule has 1 aliphatic rings. The summed E-state index contributed by atoms with van der Waals surface area (Å²) in [5.74, 6) is -1.19. The van der Waals surface area contributed by atoms with Crippen LogP contribution in [-0.4, -0.2) is 40.3 Å². The number of para-hydroxylation sites is 1. The van der Waals surface area contributed by atoms with Crippen molar-refractivity contribution in [3.8, 4) is 0 Å². The van der Waals surface area contributed by atoms with Crippen LogP contribution >= 0.6 is 0 Å². The minimum absolute atomic E-state index is 0.0576. The Morgan fingerprint density at radius 3 is 2.57 bits per heavy atom. The van der Waals surface area contributed by atoms with E-state index in [1.54, 1.807) is 36.8 Å². The fraction of sp³-hybridized carbons (Fsp3) is 0.250. The lowest BCUT2D eigenvalue weighted by Crippen LogP contribution is -2.49. The highest BCUT2D eigenvalue weighted by Gasteiger charge is 2.34. The summed E-state index contributed by atoms with van der Waals surface area (Å²) in [4.78, 5) is 50.0. The lowest BCUT2D eigenvalue weighted by Gasteiger charge is -2.32. The zero-order valence-electron chi connectivity index (χ0n) is 20.2. The van der Waals surface area contributed by atoms with Crippen molar-refractivity contribution in [3.63, 3.8) is 0 Å². The minimum atomic E-state index is -0.987. The van der Waals surface area contributed by atoms with E-state index in [1.165, 1.54) is 17.2 Å². The van der Waals surface area contributed by atoms with Gasteiger partial charge in [-0.1, -0.05) is 31.0 Å². The van der Waals surface area contributed by atoms with Gasteiger partial charge in [0.1, 0.15) is 6.04 Å². The Morgan fingerprint density at radius 1 is 1.03 bits per heavy atom. The highest BCUT2D eigenvalue weighted by molar-refractivity contribution is 6.05. The first-order chi connectivity index (χ1) is 18.1. The lowest BCUT2D eigenvalue weighted by molar-refractivity contribution is -0.126. The van der Waals surface area contributed by atoms with Crippen molar-refractivity contribution in [3.05, 3.63) is 90.8 Å². The molecule has 0 saturated heterocycles. The summed E-state index contributed by atoms with van der Waals surface area (Å²) in [6, 6.07) is 15.0. The second-order valence-electron chi connectivity index (χ2n) is 8.98. The van der Waals surface area contributed by atoms with Gasteiger partial charge in [0.25, 0.3) is 5.91 Å². The number of fused-ring (bicyclic) bond motifs is 1. The van der Waals surface area contributed by atoms with Crippen molar-refractivity contribution < 1.29 is 18.8 Å². The maximum atomic E-state index is 13.8. The molecule has 3 aromatic heterocycles. The largest absolute Gasteiger partial charge is 0.459 e. The molecule has 9 heteroatoms. The standard InChI is InChI=1S/C28H27N5O4/c34-25(18-31-27(35)24-10-5-15-37-24)33(22-16-20-6-1-4-9-23(20)30-17-22)26(19-11-13-29-14-12-19)28(36)32-21-7-2-3-8-21/h1,4-6,9-17,21,26H,2-3,7-8,18H2,(H,31,35)(H,32,36)/t26-/m1/s1. The van der Waals surface area contributed by atoms with Gasteiger partial charge in [0.05, 0.1) is 30.2 Å². The number of carbonyl (C=O) groups is 3. The molecule has 1 fully saturated rings. The summed E-state index contributed by atoms with van der Waals surface area (Å²) in [5, 5.41) is 6.55. The molecule has 3 amide bonds. The van der Waals surface area contributed by atoms with E-state index in [-0.39, 0.29) is 24.3 Å². The predicted octanol–water partition coefficient (Wildman–Crippen LogP) is 3.79. The van der Waals surface area contributed by atoms with Gasteiger partial charge in [-0.2, -0.15) is 0 Å². The number of carbonyl (C=O) groups excluding carboxylic acids is 3. The average molecular weight is 498 g/mol. The number of hydrogen-bond donors (Lipinski definition) is 2. The first-order valence-corrected chi connectivity index (χ1v) is 12.3. The number of amides is 3. The summed E-state index contributed by atoms with van der Waals surface area (Å²) in [6.45, 7) is -0.343. The Labute approximate surface area is 213 Å². The molecule has 188 valence electrons. The van der Waals surface area contributed by atoms with Gasteiger partial charge in [-0.15, -0.1) is 0 Å². The van der Waals surface area contributed by atoms with E-state index in [4.69, 9.17) is 4.42 Å². The van der Waals surface area contributed by atoms with E-state index in [2.05, 4.69) is 20.6 Å². The lowest BCUT2D eigenvalue weighted by atomic mass is 10.0. The molecular formula is C28H27N5O4. The van der Waals surface area contributed by atoms with Crippen LogP contribution in [0.15, 0.2) is 83.9 Å². The van der Waals surface area contributed by atoms with Crippen molar-refractivity contribution in [1.82, 2.24) is 20.6 Å². The van der Waals surface area contributed by atoms with Gasteiger partial charge in [-0.05, 0) is 54.8 Å². The quantitative estimate of drug-likeness (QED) is 0.383. The van der Waals surface area contributed by atoms with Crippen LogP contribution in [0.4, 0.5) is 5.69 Å². The van der Waals surface area contributed by atoms with Crippen LogP contribution in [0.25, 0.3) is 10.9 Å². The molecule has 1 atom stereocenters. The highest BCUT2D eigenvalue weighted by Crippen LogP contribution is 2.30. The van der Waals surface area contributed by atoms with E-state index in [0.29, 0.717) is 11.3 Å². The summed E-state index contributed by atoms with van der Waals surface area (Å²) in [6.07, 6.45) is 10.1. The van der Waals surface area contributed by atoms with E-state index in [9.17, 15) is 14.4 Å². The van der Waals surface area contributed by atoms with E-state index < -0.39 is 17.9 Å². The molecule has 2 N–H and O–H groups in total. The Kier molecular flexibility index (Phi) is 7.21. The number of benzene rings is 1. The molecule has 37 heavy (non-hydrogen) atoms. The predicted molar refractivity (Wildman–Crippen MR) is 138 cm³/mol. The number of aromatic nitrogens is 2. The minimum Gasteiger partial charge on any atom is -0.459 e. The molecule has 1 aliphatic carbocycles. The van der Waals surface area contributed by atoms with E-state index >= 15 is 0 Å². The molecule has 1 saturated carbocycles. The van der Waals surface area contributed by atoms with Crippen molar-refractivity contribution in [1.29, 1.82) is 0 Å².